The zero-order valence-corrected chi connectivity index (χ0v) is 7.78. The van der Waals surface area contributed by atoms with Crippen LogP contribution in [0.15, 0.2) is 0 Å². The van der Waals surface area contributed by atoms with Gasteiger partial charge in [-0.1, -0.05) is 0 Å². The van der Waals surface area contributed by atoms with Crippen LogP contribution < -0.4 is 0 Å². The van der Waals surface area contributed by atoms with E-state index in [1.807, 2.05) is 0 Å². The van der Waals surface area contributed by atoms with E-state index in [4.69, 9.17) is 9.47 Å². The number of rotatable bonds is 3. The molecule has 1 rings (SSSR count). The number of carbonyl (C=O) groups is 2. The van der Waals surface area contributed by atoms with E-state index >= 15 is 0 Å². The van der Waals surface area contributed by atoms with Gasteiger partial charge in [0.15, 0.2) is 6.04 Å². The van der Waals surface area contributed by atoms with E-state index < -0.39 is 18.1 Å². The quantitative estimate of drug-likeness (QED) is 0.600. The number of likely N-dealkylation sites (N-methyl/N-ethyl adjacent to an activating group) is 1. The number of hydrogen-bond acceptors (Lipinski definition) is 4. The zero-order chi connectivity index (χ0) is 9.84. The third-order valence-corrected chi connectivity index (χ3v) is 1.87. The minimum Gasteiger partial charge on any atom is -0.464 e. The lowest BCUT2D eigenvalue weighted by Gasteiger charge is -2.17. The standard InChI is InChI=1S/C8H13NO4/c1-3-9-6(5-13-8(9)11)7(10)12-4-2/h6H,3-5H2,1-2H3/t6-/m1/s1. The van der Waals surface area contributed by atoms with Crippen LogP contribution in [-0.2, 0) is 14.3 Å². The fourth-order valence-corrected chi connectivity index (χ4v) is 1.23. The van der Waals surface area contributed by atoms with Crippen LogP contribution in [0.4, 0.5) is 4.79 Å². The maximum Gasteiger partial charge on any atom is 0.410 e. The molecule has 0 aromatic heterocycles. The van der Waals surface area contributed by atoms with Gasteiger partial charge in [-0.2, -0.15) is 0 Å². The van der Waals surface area contributed by atoms with Gasteiger partial charge >= 0.3 is 12.1 Å². The van der Waals surface area contributed by atoms with E-state index in [-0.39, 0.29) is 6.61 Å². The lowest BCUT2D eigenvalue weighted by molar-refractivity contribution is -0.147. The Morgan fingerprint density at radius 1 is 1.69 bits per heavy atom. The van der Waals surface area contributed by atoms with Gasteiger partial charge in [-0.25, -0.2) is 9.59 Å². The van der Waals surface area contributed by atoms with Crippen molar-refractivity contribution in [3.63, 3.8) is 0 Å². The molecule has 0 unspecified atom stereocenters. The Balaban J connectivity index is 2.59. The van der Waals surface area contributed by atoms with Crippen molar-refractivity contribution in [1.29, 1.82) is 0 Å². The highest BCUT2D eigenvalue weighted by Gasteiger charge is 2.37. The third-order valence-electron chi connectivity index (χ3n) is 1.87. The molecule has 0 aromatic rings. The molecule has 0 N–H and O–H groups in total. The van der Waals surface area contributed by atoms with E-state index in [0.717, 1.165) is 0 Å². The SMILES string of the molecule is CCOC(=O)[C@H]1COC(=O)N1CC. The molecular formula is C8H13NO4. The predicted molar refractivity (Wildman–Crippen MR) is 44.1 cm³/mol. The van der Waals surface area contributed by atoms with Crippen molar-refractivity contribution in [2.45, 2.75) is 19.9 Å². The van der Waals surface area contributed by atoms with Crippen LogP contribution in [0.5, 0.6) is 0 Å². The average molecular weight is 187 g/mol. The summed E-state index contributed by atoms with van der Waals surface area (Å²) in [6, 6.07) is -0.558. The average Bonchev–Trinajstić information content (AvgIpc) is 2.47. The lowest BCUT2D eigenvalue weighted by Crippen LogP contribution is -2.40. The van der Waals surface area contributed by atoms with Crippen molar-refractivity contribution in [1.82, 2.24) is 4.90 Å². The summed E-state index contributed by atoms with van der Waals surface area (Å²) in [5, 5.41) is 0. The van der Waals surface area contributed by atoms with Crippen molar-refractivity contribution < 1.29 is 19.1 Å². The predicted octanol–water partition coefficient (Wildman–Crippen LogP) is 0.390. The Bertz CT molecular complexity index is 216. The second-order valence-electron chi connectivity index (χ2n) is 2.63. The minimum atomic E-state index is -0.558. The highest BCUT2D eigenvalue weighted by Crippen LogP contribution is 2.12. The van der Waals surface area contributed by atoms with Crippen molar-refractivity contribution in [3.05, 3.63) is 0 Å². The maximum atomic E-state index is 11.3. The fraction of sp³-hybridized carbons (Fsp3) is 0.750. The number of cyclic esters (lactones) is 1. The molecule has 1 aliphatic heterocycles. The first kappa shape index (κ1) is 9.83. The Labute approximate surface area is 76.6 Å². The molecule has 13 heavy (non-hydrogen) atoms. The molecule has 1 atom stereocenters. The number of nitrogens with zero attached hydrogens (tertiary/aromatic N) is 1. The third kappa shape index (κ3) is 1.91. The number of esters is 1. The molecule has 1 fully saturated rings. The molecule has 0 spiro atoms. The summed E-state index contributed by atoms with van der Waals surface area (Å²) in [5.41, 5.74) is 0. The first-order valence-corrected chi connectivity index (χ1v) is 4.30. The molecule has 5 heteroatoms. The maximum absolute atomic E-state index is 11.3. The molecule has 1 heterocycles. The molecule has 74 valence electrons. The molecule has 0 aliphatic carbocycles. The van der Waals surface area contributed by atoms with Crippen LogP contribution in [0.3, 0.4) is 0 Å². The normalized spacial score (nSPS) is 21.5. The Kier molecular flexibility index (Phi) is 3.11. The smallest absolute Gasteiger partial charge is 0.410 e. The molecule has 5 nitrogen and oxygen atoms in total. The van der Waals surface area contributed by atoms with E-state index in [9.17, 15) is 9.59 Å². The molecule has 0 radical (unpaired) electrons. The highest BCUT2D eigenvalue weighted by atomic mass is 16.6. The van der Waals surface area contributed by atoms with Crippen molar-refractivity contribution in [3.8, 4) is 0 Å². The number of hydrogen-bond donors (Lipinski definition) is 0. The first-order chi connectivity index (χ1) is 6.20. The molecule has 1 amide bonds. The van der Waals surface area contributed by atoms with E-state index in [1.165, 1.54) is 4.90 Å². The van der Waals surface area contributed by atoms with Crippen molar-refractivity contribution in [2.75, 3.05) is 19.8 Å². The largest absolute Gasteiger partial charge is 0.464 e. The number of carbonyl (C=O) groups excluding carboxylic acids is 2. The summed E-state index contributed by atoms with van der Waals surface area (Å²) >= 11 is 0. The monoisotopic (exact) mass is 187 g/mol. The number of ether oxygens (including phenoxy) is 2. The highest BCUT2D eigenvalue weighted by molar-refractivity contribution is 5.84. The van der Waals surface area contributed by atoms with Gasteiger partial charge in [0.1, 0.15) is 6.61 Å². The summed E-state index contributed by atoms with van der Waals surface area (Å²) < 4.78 is 9.52. The van der Waals surface area contributed by atoms with Gasteiger partial charge in [0.05, 0.1) is 6.61 Å². The van der Waals surface area contributed by atoms with Gasteiger partial charge in [-0.15, -0.1) is 0 Å². The first-order valence-electron chi connectivity index (χ1n) is 4.30. The molecule has 1 aliphatic rings. The Morgan fingerprint density at radius 2 is 2.38 bits per heavy atom. The van der Waals surface area contributed by atoms with Crippen molar-refractivity contribution >= 4 is 12.1 Å². The van der Waals surface area contributed by atoms with Crippen LogP contribution >= 0.6 is 0 Å². The van der Waals surface area contributed by atoms with E-state index in [2.05, 4.69) is 0 Å². The second-order valence-corrected chi connectivity index (χ2v) is 2.63. The molecule has 0 saturated carbocycles. The van der Waals surface area contributed by atoms with Gasteiger partial charge in [0, 0.05) is 6.54 Å². The van der Waals surface area contributed by atoms with Crippen molar-refractivity contribution in [2.24, 2.45) is 0 Å². The summed E-state index contributed by atoms with van der Waals surface area (Å²) in [6.07, 6.45) is -0.444. The lowest BCUT2D eigenvalue weighted by atomic mass is 10.3. The molecule has 0 bridgehead atoms. The van der Waals surface area contributed by atoms with Gasteiger partial charge in [-0.05, 0) is 13.8 Å². The summed E-state index contributed by atoms with van der Waals surface area (Å²) in [4.78, 5) is 23.6. The van der Waals surface area contributed by atoms with E-state index in [0.29, 0.717) is 13.2 Å². The number of amides is 1. The van der Waals surface area contributed by atoms with Crippen LogP contribution in [0.25, 0.3) is 0 Å². The Hall–Kier alpha value is -1.26. The summed E-state index contributed by atoms with van der Waals surface area (Å²) in [5.74, 6) is -0.393. The van der Waals surface area contributed by atoms with Crippen LogP contribution in [-0.4, -0.2) is 42.8 Å². The topological polar surface area (TPSA) is 55.8 Å². The minimum absolute atomic E-state index is 0.103. The molecule has 1 saturated heterocycles. The molecular weight excluding hydrogens is 174 g/mol. The fourth-order valence-electron chi connectivity index (χ4n) is 1.23. The second kappa shape index (κ2) is 4.11. The zero-order valence-electron chi connectivity index (χ0n) is 7.78. The van der Waals surface area contributed by atoms with Gasteiger partial charge in [0.25, 0.3) is 0 Å². The van der Waals surface area contributed by atoms with Gasteiger partial charge < -0.3 is 9.47 Å². The van der Waals surface area contributed by atoms with Crippen LogP contribution in [0.2, 0.25) is 0 Å². The van der Waals surface area contributed by atoms with Gasteiger partial charge in [-0.3, -0.25) is 4.90 Å². The van der Waals surface area contributed by atoms with Crippen LogP contribution in [0, 0.1) is 0 Å². The van der Waals surface area contributed by atoms with E-state index in [1.54, 1.807) is 13.8 Å². The summed E-state index contributed by atoms with van der Waals surface area (Å²) in [6.45, 7) is 4.40. The van der Waals surface area contributed by atoms with Gasteiger partial charge in [0.2, 0.25) is 0 Å². The van der Waals surface area contributed by atoms with Crippen LogP contribution in [0.1, 0.15) is 13.8 Å². The molecule has 0 aromatic carbocycles. The Morgan fingerprint density at radius 3 is 2.92 bits per heavy atom. The summed E-state index contributed by atoms with van der Waals surface area (Å²) in [7, 11) is 0.